The van der Waals surface area contributed by atoms with Gasteiger partial charge in [-0.1, -0.05) is 30.3 Å². The second-order valence-corrected chi connectivity index (χ2v) is 10.9. The summed E-state index contributed by atoms with van der Waals surface area (Å²) in [6.07, 6.45) is 6.11. The molecule has 1 amide bonds. The molecule has 0 bridgehead atoms. The zero-order valence-corrected chi connectivity index (χ0v) is 19.0. The van der Waals surface area contributed by atoms with Crippen molar-refractivity contribution < 1.29 is 21.6 Å². The van der Waals surface area contributed by atoms with Crippen LogP contribution in [-0.4, -0.2) is 35.3 Å². The molecule has 0 spiro atoms. The van der Waals surface area contributed by atoms with Crippen LogP contribution >= 0.6 is 0 Å². The minimum Gasteiger partial charge on any atom is -0.323 e. The van der Waals surface area contributed by atoms with E-state index in [1.165, 1.54) is 24.3 Å². The predicted molar refractivity (Wildman–Crippen MR) is 125 cm³/mol. The molecule has 1 aliphatic rings. The van der Waals surface area contributed by atoms with Crippen LogP contribution in [0.3, 0.4) is 0 Å². The van der Waals surface area contributed by atoms with Crippen LogP contribution < -0.4 is 14.8 Å². The number of amides is 1. The van der Waals surface area contributed by atoms with Crippen LogP contribution in [0.4, 0.5) is 5.69 Å². The first kappa shape index (κ1) is 23.9. The average Bonchev–Trinajstić information content (AvgIpc) is 3.56. The summed E-state index contributed by atoms with van der Waals surface area (Å²) in [6.45, 7) is 3.64. The van der Waals surface area contributed by atoms with Crippen molar-refractivity contribution in [2.45, 2.75) is 29.5 Å². The first-order chi connectivity index (χ1) is 15.2. The van der Waals surface area contributed by atoms with E-state index in [9.17, 15) is 21.6 Å². The van der Waals surface area contributed by atoms with Crippen LogP contribution in [0, 0.1) is 0 Å². The molecule has 3 N–H and O–H groups in total. The molecule has 3 rings (SSSR count). The molecule has 1 aliphatic carbocycles. The van der Waals surface area contributed by atoms with Crippen molar-refractivity contribution in [3.8, 4) is 0 Å². The van der Waals surface area contributed by atoms with E-state index < -0.39 is 20.0 Å². The number of nitrogens with one attached hydrogen (secondary N) is 3. The van der Waals surface area contributed by atoms with Crippen molar-refractivity contribution in [1.82, 2.24) is 9.44 Å². The molecule has 1 fully saturated rings. The van der Waals surface area contributed by atoms with E-state index in [-0.39, 0.29) is 29.1 Å². The Kier molecular flexibility index (Phi) is 7.62. The third kappa shape index (κ3) is 7.41. The van der Waals surface area contributed by atoms with Crippen molar-refractivity contribution in [3.05, 3.63) is 78.4 Å². The summed E-state index contributed by atoms with van der Waals surface area (Å²) in [5.41, 5.74) is 1.78. The molecule has 1 saturated carbocycles. The number of benzene rings is 2. The third-order valence-corrected chi connectivity index (χ3v) is 7.40. The van der Waals surface area contributed by atoms with Gasteiger partial charge in [0.1, 0.15) is 0 Å². The molecule has 170 valence electrons. The fraction of sp³-hybridized carbons (Fsp3) is 0.227. The van der Waals surface area contributed by atoms with Gasteiger partial charge in [-0.05, 0) is 54.3 Å². The largest absolute Gasteiger partial charge is 0.323 e. The first-order valence-electron chi connectivity index (χ1n) is 9.95. The molecule has 0 unspecified atom stereocenters. The second-order valence-electron chi connectivity index (χ2n) is 7.38. The van der Waals surface area contributed by atoms with E-state index >= 15 is 0 Å². The maximum atomic E-state index is 12.2. The lowest BCUT2D eigenvalue weighted by molar-refractivity contribution is -0.111. The van der Waals surface area contributed by atoms with Crippen LogP contribution in [0.1, 0.15) is 24.0 Å². The molecule has 0 saturated heterocycles. The summed E-state index contributed by atoms with van der Waals surface area (Å²) in [6, 6.07) is 12.8. The standard InChI is InChI=1S/C22H25N3O5S2/c1-2-15-23-31(27,28)16-18-3-8-19(9-4-18)24-22(26)14-7-17-5-12-21(13-6-17)32(29,30)25-20-10-11-20/h2-9,12-14,20,23,25H,1,10-11,15-16H2,(H,24,26)/b14-7+. The summed E-state index contributed by atoms with van der Waals surface area (Å²) >= 11 is 0. The van der Waals surface area contributed by atoms with Crippen LogP contribution in [0.15, 0.2) is 72.2 Å². The molecule has 10 heteroatoms. The maximum absolute atomic E-state index is 12.2. The highest BCUT2D eigenvalue weighted by Gasteiger charge is 2.27. The van der Waals surface area contributed by atoms with Gasteiger partial charge in [0.05, 0.1) is 10.6 Å². The summed E-state index contributed by atoms with van der Waals surface area (Å²) in [5, 5.41) is 2.69. The van der Waals surface area contributed by atoms with Gasteiger partial charge in [0.15, 0.2) is 0 Å². The van der Waals surface area contributed by atoms with Crippen molar-refractivity contribution in [2.24, 2.45) is 0 Å². The minimum atomic E-state index is -3.50. The number of hydrogen-bond donors (Lipinski definition) is 3. The molecule has 32 heavy (non-hydrogen) atoms. The molecule has 0 aliphatic heterocycles. The second kappa shape index (κ2) is 10.2. The Morgan fingerprint density at radius 3 is 2.25 bits per heavy atom. The Bertz CT molecular complexity index is 1200. The van der Waals surface area contributed by atoms with E-state index in [2.05, 4.69) is 21.3 Å². The van der Waals surface area contributed by atoms with Gasteiger partial charge in [-0.3, -0.25) is 4.79 Å². The average molecular weight is 476 g/mol. The molecular weight excluding hydrogens is 450 g/mol. The Morgan fingerprint density at radius 1 is 1.00 bits per heavy atom. The minimum absolute atomic E-state index is 0.0376. The smallest absolute Gasteiger partial charge is 0.248 e. The normalized spacial score (nSPS) is 14.4. The zero-order chi connectivity index (χ0) is 23.2. The molecule has 0 heterocycles. The van der Waals surface area contributed by atoms with Crippen molar-refractivity contribution in [3.63, 3.8) is 0 Å². The summed E-state index contributed by atoms with van der Waals surface area (Å²) in [5.74, 6) is -0.540. The topological polar surface area (TPSA) is 121 Å². The third-order valence-electron chi connectivity index (χ3n) is 4.54. The van der Waals surface area contributed by atoms with E-state index in [1.54, 1.807) is 42.5 Å². The monoisotopic (exact) mass is 475 g/mol. The van der Waals surface area contributed by atoms with Gasteiger partial charge in [-0.15, -0.1) is 6.58 Å². The SMILES string of the molecule is C=CCNS(=O)(=O)Cc1ccc(NC(=O)/C=C/c2ccc(S(=O)(=O)NC3CC3)cc2)cc1. The fourth-order valence-corrected chi connectivity index (χ4v) is 5.15. The van der Waals surface area contributed by atoms with Crippen molar-refractivity contribution >= 4 is 37.7 Å². The lowest BCUT2D eigenvalue weighted by atomic mass is 10.2. The summed E-state index contributed by atoms with van der Waals surface area (Å²) in [4.78, 5) is 12.3. The number of carbonyl (C=O) groups excluding carboxylic acids is 1. The van der Waals surface area contributed by atoms with Crippen molar-refractivity contribution in [1.29, 1.82) is 0 Å². The highest BCUT2D eigenvalue weighted by molar-refractivity contribution is 7.89. The maximum Gasteiger partial charge on any atom is 0.248 e. The number of sulfonamides is 2. The van der Waals surface area contributed by atoms with Gasteiger partial charge in [0.2, 0.25) is 26.0 Å². The number of hydrogen-bond acceptors (Lipinski definition) is 5. The van der Waals surface area contributed by atoms with Gasteiger partial charge >= 0.3 is 0 Å². The molecule has 2 aromatic carbocycles. The van der Waals surface area contributed by atoms with Gasteiger partial charge in [-0.25, -0.2) is 26.3 Å². The highest BCUT2D eigenvalue weighted by atomic mass is 32.2. The van der Waals surface area contributed by atoms with Gasteiger partial charge in [0.25, 0.3) is 0 Å². The van der Waals surface area contributed by atoms with E-state index in [4.69, 9.17) is 0 Å². The number of carbonyl (C=O) groups is 1. The van der Waals surface area contributed by atoms with Gasteiger partial charge in [-0.2, -0.15) is 0 Å². The van der Waals surface area contributed by atoms with Crippen molar-refractivity contribution in [2.75, 3.05) is 11.9 Å². The van der Waals surface area contributed by atoms with E-state index in [0.29, 0.717) is 16.8 Å². The lowest BCUT2D eigenvalue weighted by Crippen LogP contribution is -2.25. The Labute approximate surface area is 188 Å². The quantitative estimate of drug-likeness (QED) is 0.340. The van der Waals surface area contributed by atoms with Crippen LogP contribution in [0.2, 0.25) is 0 Å². The van der Waals surface area contributed by atoms with Crippen LogP contribution in [-0.2, 0) is 30.6 Å². The molecule has 0 atom stereocenters. The van der Waals surface area contributed by atoms with Crippen LogP contribution in [0.25, 0.3) is 6.08 Å². The predicted octanol–water partition coefficient (Wildman–Crippen LogP) is 2.38. The molecular formula is C22H25N3O5S2. The van der Waals surface area contributed by atoms with E-state index in [1.807, 2.05) is 0 Å². The van der Waals surface area contributed by atoms with E-state index in [0.717, 1.165) is 12.8 Å². The molecule has 0 radical (unpaired) electrons. The summed E-state index contributed by atoms with van der Waals surface area (Å²) < 4.78 is 53.2. The van der Waals surface area contributed by atoms with Gasteiger partial charge < -0.3 is 5.32 Å². The van der Waals surface area contributed by atoms with Crippen LogP contribution in [0.5, 0.6) is 0 Å². The Balaban J connectivity index is 1.54. The molecule has 8 nitrogen and oxygen atoms in total. The van der Waals surface area contributed by atoms with Gasteiger partial charge in [0, 0.05) is 24.4 Å². The Hall–Kier alpha value is -2.79. The number of rotatable bonds is 11. The summed E-state index contributed by atoms with van der Waals surface area (Å²) in [7, 11) is -6.95. The first-order valence-corrected chi connectivity index (χ1v) is 13.1. The molecule has 2 aromatic rings. The fourth-order valence-electron chi connectivity index (χ4n) is 2.74. The molecule has 0 aromatic heterocycles. The lowest BCUT2D eigenvalue weighted by Gasteiger charge is -2.07. The Morgan fingerprint density at radius 2 is 1.66 bits per heavy atom. The highest BCUT2D eigenvalue weighted by Crippen LogP contribution is 2.22. The number of anilines is 1. The zero-order valence-electron chi connectivity index (χ0n) is 17.3.